The molecule has 1 saturated carbocycles. The summed E-state index contributed by atoms with van der Waals surface area (Å²) in [6.45, 7) is 2.35. The highest BCUT2D eigenvalue weighted by Gasteiger charge is 2.54. The summed E-state index contributed by atoms with van der Waals surface area (Å²) < 4.78 is 2.74. The van der Waals surface area contributed by atoms with Crippen LogP contribution in [0.15, 0.2) is 29.2 Å². The number of carbonyl (C=O) groups is 2. The van der Waals surface area contributed by atoms with Crippen molar-refractivity contribution in [3.8, 4) is 0 Å². The molecule has 0 aromatic carbocycles. The van der Waals surface area contributed by atoms with Gasteiger partial charge in [0, 0.05) is 6.20 Å². The van der Waals surface area contributed by atoms with Gasteiger partial charge in [-0.2, -0.15) is 0 Å². The minimum atomic E-state index is -0.765. The first-order chi connectivity index (χ1) is 12.0. The molecule has 1 N–H and O–H groups in total. The number of aromatic nitrogens is 3. The van der Waals surface area contributed by atoms with Crippen LogP contribution in [0.4, 0.5) is 4.79 Å². The van der Waals surface area contributed by atoms with Gasteiger partial charge in [-0.1, -0.05) is 25.8 Å². The molecule has 0 radical (unpaired) electrons. The predicted molar refractivity (Wildman–Crippen MR) is 90.1 cm³/mol. The highest BCUT2D eigenvalue weighted by Crippen LogP contribution is 2.38. The quantitative estimate of drug-likeness (QED) is 0.842. The van der Waals surface area contributed by atoms with E-state index in [0.717, 1.165) is 19.3 Å². The molecule has 3 heterocycles. The smallest absolute Gasteiger partial charge is 0.323 e. The molecule has 25 heavy (non-hydrogen) atoms. The van der Waals surface area contributed by atoms with Gasteiger partial charge in [0.15, 0.2) is 5.65 Å². The van der Waals surface area contributed by atoms with E-state index in [2.05, 4.69) is 10.4 Å². The summed E-state index contributed by atoms with van der Waals surface area (Å²) in [5.41, 5.74) is -0.496. The summed E-state index contributed by atoms with van der Waals surface area (Å²) in [7, 11) is 0. The Labute approximate surface area is 144 Å². The van der Waals surface area contributed by atoms with Gasteiger partial charge in [-0.25, -0.2) is 14.3 Å². The van der Waals surface area contributed by atoms with Gasteiger partial charge in [-0.3, -0.25) is 14.1 Å². The number of nitrogens with zero attached hydrogens (tertiary/aromatic N) is 4. The van der Waals surface area contributed by atoms with Crippen LogP contribution in [-0.4, -0.2) is 43.1 Å². The van der Waals surface area contributed by atoms with E-state index in [1.807, 2.05) is 6.92 Å². The van der Waals surface area contributed by atoms with Crippen LogP contribution in [0.2, 0.25) is 0 Å². The second kappa shape index (κ2) is 5.72. The maximum absolute atomic E-state index is 12.9. The fraction of sp³-hybridized carbons (Fsp3) is 0.529. The highest BCUT2D eigenvalue weighted by molar-refractivity contribution is 6.07. The normalized spacial score (nSPS) is 26.6. The summed E-state index contributed by atoms with van der Waals surface area (Å²) >= 11 is 0. The Morgan fingerprint density at radius 3 is 2.84 bits per heavy atom. The van der Waals surface area contributed by atoms with Crippen LogP contribution >= 0.6 is 0 Å². The van der Waals surface area contributed by atoms with Crippen molar-refractivity contribution in [2.75, 3.05) is 6.54 Å². The van der Waals surface area contributed by atoms with Gasteiger partial charge in [0.05, 0.1) is 13.1 Å². The van der Waals surface area contributed by atoms with E-state index in [0.29, 0.717) is 12.1 Å². The minimum Gasteiger partial charge on any atom is -0.323 e. The molecule has 8 heteroatoms. The summed E-state index contributed by atoms with van der Waals surface area (Å²) in [5, 5.41) is 7.16. The van der Waals surface area contributed by atoms with Crippen LogP contribution in [0.3, 0.4) is 0 Å². The molecule has 2 fully saturated rings. The number of pyridine rings is 1. The Balaban J connectivity index is 1.54. The SMILES string of the molecule is CC1CCCCC12NC(=O)N(CCn1nc3ccccn3c1=O)C2=O. The standard InChI is InChI=1S/C17H21N5O3/c1-12-6-2-4-8-17(12)14(23)21(15(24)18-17)10-11-22-16(25)20-9-5-3-7-13(20)19-22/h3,5,7,9,12H,2,4,6,8,10-11H2,1H3,(H,18,24). The van der Waals surface area contributed by atoms with Gasteiger partial charge < -0.3 is 5.32 Å². The monoisotopic (exact) mass is 343 g/mol. The number of urea groups is 1. The Hall–Kier alpha value is -2.64. The lowest BCUT2D eigenvalue weighted by Crippen LogP contribution is -2.54. The van der Waals surface area contributed by atoms with Crippen LogP contribution in [0.25, 0.3) is 5.65 Å². The first-order valence-corrected chi connectivity index (χ1v) is 8.71. The van der Waals surface area contributed by atoms with E-state index in [9.17, 15) is 14.4 Å². The van der Waals surface area contributed by atoms with Crippen molar-refractivity contribution >= 4 is 17.6 Å². The summed E-state index contributed by atoms with van der Waals surface area (Å²) in [6, 6.07) is 4.93. The van der Waals surface area contributed by atoms with Crippen molar-refractivity contribution in [2.24, 2.45) is 5.92 Å². The molecule has 2 aromatic heterocycles. The van der Waals surface area contributed by atoms with Crippen LogP contribution in [0.1, 0.15) is 32.6 Å². The van der Waals surface area contributed by atoms with Gasteiger partial charge >= 0.3 is 11.7 Å². The van der Waals surface area contributed by atoms with Crippen molar-refractivity contribution in [3.63, 3.8) is 0 Å². The van der Waals surface area contributed by atoms with Crippen molar-refractivity contribution in [1.29, 1.82) is 0 Å². The fourth-order valence-corrected chi connectivity index (χ4v) is 4.01. The van der Waals surface area contributed by atoms with E-state index in [1.54, 1.807) is 24.4 Å². The summed E-state index contributed by atoms with van der Waals surface area (Å²) in [4.78, 5) is 38.8. The second-order valence-electron chi connectivity index (χ2n) is 6.94. The first kappa shape index (κ1) is 15.9. The van der Waals surface area contributed by atoms with Gasteiger partial charge in [-0.05, 0) is 30.9 Å². The van der Waals surface area contributed by atoms with Crippen LogP contribution in [-0.2, 0) is 11.3 Å². The zero-order chi connectivity index (χ0) is 17.6. The molecule has 1 saturated heterocycles. The molecule has 1 spiro atoms. The predicted octanol–water partition coefficient (Wildman–Crippen LogP) is 0.997. The summed E-state index contributed by atoms with van der Waals surface area (Å²) in [5.74, 6) is -0.0397. The molecule has 132 valence electrons. The number of hydrogen-bond acceptors (Lipinski definition) is 4. The lowest BCUT2D eigenvalue weighted by Gasteiger charge is -2.36. The molecule has 8 nitrogen and oxygen atoms in total. The number of rotatable bonds is 3. The molecular formula is C17H21N5O3. The molecule has 1 aliphatic carbocycles. The van der Waals surface area contributed by atoms with Crippen molar-refractivity contribution in [1.82, 2.24) is 24.4 Å². The zero-order valence-electron chi connectivity index (χ0n) is 14.1. The number of hydrogen-bond donors (Lipinski definition) is 1. The molecule has 4 rings (SSSR count). The van der Waals surface area contributed by atoms with Crippen LogP contribution < -0.4 is 11.0 Å². The zero-order valence-corrected chi connectivity index (χ0v) is 14.1. The third-order valence-corrected chi connectivity index (χ3v) is 5.53. The molecule has 2 atom stereocenters. The summed E-state index contributed by atoms with van der Waals surface area (Å²) in [6.07, 6.45) is 5.29. The van der Waals surface area contributed by atoms with Crippen molar-refractivity contribution in [3.05, 3.63) is 34.9 Å². The maximum atomic E-state index is 12.9. The van der Waals surface area contributed by atoms with Crippen LogP contribution in [0, 0.1) is 5.92 Å². The van der Waals surface area contributed by atoms with E-state index in [-0.39, 0.29) is 36.6 Å². The molecule has 0 bridgehead atoms. The Morgan fingerprint density at radius 1 is 1.24 bits per heavy atom. The second-order valence-corrected chi connectivity index (χ2v) is 6.94. The molecular weight excluding hydrogens is 322 g/mol. The minimum absolute atomic E-state index is 0.126. The number of imide groups is 1. The molecule has 2 aromatic rings. The van der Waals surface area contributed by atoms with E-state index in [1.165, 1.54) is 14.0 Å². The topological polar surface area (TPSA) is 88.7 Å². The Morgan fingerprint density at radius 2 is 2.08 bits per heavy atom. The number of amides is 3. The third kappa shape index (κ3) is 2.35. The van der Waals surface area contributed by atoms with Gasteiger partial charge in [0.25, 0.3) is 5.91 Å². The maximum Gasteiger partial charge on any atom is 0.350 e. The number of fused-ring (bicyclic) bond motifs is 1. The lowest BCUT2D eigenvalue weighted by molar-refractivity contribution is -0.134. The van der Waals surface area contributed by atoms with Crippen molar-refractivity contribution in [2.45, 2.75) is 44.7 Å². The molecule has 3 amide bonds. The number of nitrogens with one attached hydrogen (secondary N) is 1. The van der Waals surface area contributed by atoms with E-state index >= 15 is 0 Å². The highest BCUT2D eigenvalue weighted by atomic mass is 16.2. The number of carbonyl (C=O) groups excluding carboxylic acids is 2. The average Bonchev–Trinajstić information content (AvgIpc) is 3.05. The van der Waals surface area contributed by atoms with Gasteiger partial charge in [0.1, 0.15) is 5.54 Å². The third-order valence-electron chi connectivity index (χ3n) is 5.53. The largest absolute Gasteiger partial charge is 0.350 e. The fourth-order valence-electron chi connectivity index (χ4n) is 4.01. The Bertz CT molecular complexity index is 901. The Kier molecular flexibility index (Phi) is 3.63. The van der Waals surface area contributed by atoms with Gasteiger partial charge in [0.2, 0.25) is 0 Å². The van der Waals surface area contributed by atoms with E-state index < -0.39 is 5.54 Å². The molecule has 2 aliphatic rings. The van der Waals surface area contributed by atoms with E-state index in [4.69, 9.17) is 0 Å². The van der Waals surface area contributed by atoms with Gasteiger partial charge in [-0.15, -0.1) is 5.10 Å². The van der Waals surface area contributed by atoms with Crippen LogP contribution in [0.5, 0.6) is 0 Å². The molecule has 1 aliphatic heterocycles. The average molecular weight is 343 g/mol. The van der Waals surface area contributed by atoms with Crippen molar-refractivity contribution < 1.29 is 9.59 Å². The molecule has 2 unspecified atom stereocenters. The lowest BCUT2D eigenvalue weighted by atomic mass is 9.73. The first-order valence-electron chi connectivity index (χ1n) is 8.71.